The van der Waals surface area contributed by atoms with Gasteiger partial charge in [0.05, 0.1) is 48.5 Å². The molecule has 13 rings (SSSR count). The van der Waals surface area contributed by atoms with Crippen LogP contribution in [0.5, 0.6) is 11.5 Å². The van der Waals surface area contributed by atoms with Gasteiger partial charge in [0.1, 0.15) is 17.3 Å². The molecule has 0 fully saturated rings. The minimum Gasteiger partial charge on any atom is -0.458 e. The molecule has 0 spiro atoms. The summed E-state index contributed by atoms with van der Waals surface area (Å²) < 4.78 is 353. The van der Waals surface area contributed by atoms with Crippen molar-refractivity contribution in [3.05, 3.63) is 222 Å². The highest BCUT2D eigenvalue weighted by Gasteiger charge is 2.43. The first-order chi connectivity index (χ1) is 51.4. The first-order valence-corrected chi connectivity index (χ1v) is 23.1. The fourth-order valence-corrected chi connectivity index (χ4v) is 10.3. The lowest BCUT2D eigenvalue weighted by Gasteiger charge is -2.23. The Morgan fingerprint density at radius 1 is 0.554 bits per heavy atom. The number of para-hydroxylation sites is 4. The highest BCUT2D eigenvalue weighted by molar-refractivity contribution is 6.09. The number of hydrogen-bond donors (Lipinski definition) is 0. The summed E-state index contributed by atoms with van der Waals surface area (Å²) >= 11 is 0. The molecule has 2 aliphatic carbocycles. The number of hydrogen-bond acceptors (Lipinski definition) is 2. The van der Waals surface area contributed by atoms with E-state index in [1.165, 1.54) is 34.9 Å². The van der Waals surface area contributed by atoms with Crippen molar-refractivity contribution < 1.29 is 61.4 Å². The third-order valence-electron chi connectivity index (χ3n) is 13.6. The van der Waals surface area contributed by atoms with Crippen LogP contribution in [0.4, 0.5) is 0 Å². The average Bonchev–Trinajstić information content (AvgIpc) is 1.49. The average molecular weight is 1000 g/mol. The Kier molecular flexibility index (Phi) is 4.62. The molecule has 5 heteroatoms. The van der Waals surface area contributed by atoms with Crippen molar-refractivity contribution in [2.75, 3.05) is 0 Å². The number of pyridine rings is 1. The second-order valence-electron chi connectivity index (χ2n) is 18.7. The van der Waals surface area contributed by atoms with Crippen LogP contribution in [-0.4, -0.2) is 14.1 Å². The summed E-state index contributed by atoms with van der Waals surface area (Å²) in [7, 11) is 0. The Hall–Kier alpha value is -8.02. The van der Waals surface area contributed by atoms with E-state index in [2.05, 4.69) is 11.3 Å². The molecule has 0 saturated carbocycles. The van der Waals surface area contributed by atoms with E-state index in [1.54, 1.807) is 71.3 Å². The number of imidazole rings is 1. The predicted molar refractivity (Wildman–Crippen MR) is 305 cm³/mol. The van der Waals surface area contributed by atoms with Gasteiger partial charge in [-0.25, -0.2) is 4.98 Å². The van der Waals surface area contributed by atoms with Crippen molar-refractivity contribution in [1.29, 1.82) is 0 Å². The SMILES string of the molecule is [2H]c1c([2H])c([2H])c(-c2cnc(-n3c4ccccc4c4ccc(Oc5cccc(-n6[c-][n+](-c7c(-c8c([2H])c([2H])c9c(c8[2H])C(C([2H])([2H])[2H])(C([2H])([2H])[2H])CC9(C([2H])([2H])[2H])C([2H])([2H])[2H])cccc7-c7c([2H])c([2H])c8c(c7[2H])C(C([2H])([2H])[2H])(C([2H])([2H])[2H])CC8(C([2H])([2H])[2H])C([2H])([2H])[2H])c7ccccc76)c5)cc43)cc2C([2H])([2H])[2H])c([2H])c1[2H]. The van der Waals surface area contributed by atoms with E-state index < -0.39 is 218 Å². The molecule has 0 aliphatic heterocycles. The lowest BCUT2D eigenvalue weighted by Crippen LogP contribution is -2.31. The molecule has 0 N–H and O–H groups in total. The van der Waals surface area contributed by atoms with E-state index in [4.69, 9.17) is 48.6 Å². The molecule has 0 amide bonds. The zero-order valence-electron chi connectivity index (χ0n) is 76.7. The minimum atomic E-state index is -3.98. The van der Waals surface area contributed by atoms with Gasteiger partial charge in [0.25, 0.3) is 6.33 Å². The molecule has 11 aromatic rings. The van der Waals surface area contributed by atoms with Crippen molar-refractivity contribution in [3.63, 3.8) is 0 Å². The molecule has 0 radical (unpaired) electrons. The number of benzene rings is 8. The molecular weight excluding hydrogens is 901 g/mol. The number of fused-ring (bicyclic) bond motifs is 6. The molecule has 0 unspecified atom stereocenters. The first kappa shape index (κ1) is 20.7. The maximum Gasteiger partial charge on any atom is 0.269 e. The van der Waals surface area contributed by atoms with Crippen LogP contribution in [0, 0.1) is 13.2 Å². The number of aryl methyl sites for hydroxylation is 1. The second-order valence-corrected chi connectivity index (χ2v) is 18.7. The van der Waals surface area contributed by atoms with E-state index >= 15 is 0 Å². The van der Waals surface area contributed by atoms with E-state index in [0.717, 1.165) is 29.0 Å². The molecule has 5 nitrogen and oxygen atoms in total. The van der Waals surface area contributed by atoms with Crippen LogP contribution in [0.2, 0.25) is 0 Å². The van der Waals surface area contributed by atoms with E-state index in [9.17, 15) is 8.22 Å². The summed E-state index contributed by atoms with van der Waals surface area (Å²) in [6.45, 7) is -34.5. The Balaban J connectivity index is 1.08. The van der Waals surface area contributed by atoms with E-state index in [1.807, 2.05) is 0 Å². The van der Waals surface area contributed by atoms with Crippen LogP contribution in [0.1, 0.15) is 148 Å². The van der Waals surface area contributed by atoms with Gasteiger partial charge in [-0.1, -0.05) is 188 Å². The maximum absolute atomic E-state index is 10.3. The van der Waals surface area contributed by atoms with Crippen LogP contribution in [-0.2, 0) is 21.7 Å². The molecule has 0 atom stereocenters. The van der Waals surface area contributed by atoms with Crippen molar-refractivity contribution in [2.24, 2.45) is 0 Å². The number of nitrogens with zero attached hydrogens (tertiary/aromatic N) is 4. The predicted octanol–water partition coefficient (Wildman–Crippen LogP) is 17.2. The topological polar surface area (TPSA) is 35.9 Å². The van der Waals surface area contributed by atoms with Gasteiger partial charge in [0, 0.05) is 65.6 Å². The van der Waals surface area contributed by atoms with E-state index in [-0.39, 0.29) is 45.2 Å². The lowest BCUT2D eigenvalue weighted by atomic mass is 9.82. The smallest absolute Gasteiger partial charge is 0.269 e. The number of aromatic nitrogens is 4. The fraction of sp³-hybridized carbons (Fsp3) is 0.217. The summed E-state index contributed by atoms with van der Waals surface area (Å²) in [5.74, 6) is 0.287. The second kappa shape index (κ2) is 16.5. The van der Waals surface area contributed by atoms with Gasteiger partial charge in [0.15, 0.2) is 0 Å². The van der Waals surface area contributed by atoms with Gasteiger partial charge in [0.2, 0.25) is 0 Å². The molecule has 3 heterocycles. The molecule has 8 aromatic carbocycles. The van der Waals surface area contributed by atoms with Crippen LogP contribution in [0.25, 0.3) is 83.4 Å². The molecule has 3 aromatic heterocycles. The standard InChI is InChI=1S/C69H62N4O/c1-44-35-64(70-40-55(44)45-19-11-10-12-20-45)73-60-26-14-13-23-53(60)54-32-31-50(39-63(54)73)74-49-22-17-21-48(38-49)71-43-72(62-28-16-15-27-61(62)71)65-51(46-29-33-56-58(36-46)68(6,7)41-66(56,2)3)24-18-25-52(65)47-30-34-57-59(37-47)69(8,9)42-67(57,4)5/h10-40H,41-42H2,1-9H3/i1D3,2D3,3D3,4D3,5D3,6D3,7D3,8D3,9D3,10D,11D,12D,19D,20D,29D,30D,33D,34D,36D,37D. The third kappa shape index (κ3) is 7.34. The van der Waals surface area contributed by atoms with Crippen LogP contribution < -0.4 is 9.30 Å². The Bertz CT molecular complexity index is 5530. The molecule has 74 heavy (non-hydrogen) atoms. The first-order valence-electron chi connectivity index (χ1n) is 42.1. The van der Waals surface area contributed by atoms with Crippen molar-refractivity contribution >= 4 is 32.8 Å². The summed E-state index contributed by atoms with van der Waals surface area (Å²) in [4.78, 5) is 4.65. The molecule has 2 aliphatic rings. The van der Waals surface area contributed by atoms with Gasteiger partial charge in [-0.05, 0) is 139 Å². The molecular formula is C69H62N4O. The number of ether oxygens (including phenoxy) is 1. The molecule has 364 valence electrons. The van der Waals surface area contributed by atoms with Crippen molar-refractivity contribution in [2.45, 2.75) is 96.2 Å². The van der Waals surface area contributed by atoms with Gasteiger partial charge >= 0.3 is 0 Å². The van der Waals surface area contributed by atoms with Crippen LogP contribution >= 0.6 is 0 Å². The van der Waals surface area contributed by atoms with Gasteiger partial charge in [-0.3, -0.25) is 13.7 Å². The quantitative estimate of drug-likeness (QED) is 0.112. The van der Waals surface area contributed by atoms with Crippen LogP contribution in [0.3, 0.4) is 0 Å². The minimum absolute atomic E-state index is 0.000608. The normalized spacial score (nSPS) is 25.0. The largest absolute Gasteiger partial charge is 0.458 e. The summed E-state index contributed by atoms with van der Waals surface area (Å²) in [6, 6.07) is 17.5. The van der Waals surface area contributed by atoms with Gasteiger partial charge in [-0.15, -0.1) is 0 Å². The molecule has 0 bridgehead atoms. The Morgan fingerprint density at radius 2 is 1.18 bits per heavy atom. The van der Waals surface area contributed by atoms with Gasteiger partial charge in [-0.2, -0.15) is 0 Å². The maximum atomic E-state index is 10.3. The Labute approximate surface area is 488 Å². The zero-order valence-corrected chi connectivity index (χ0v) is 38.7. The fourth-order valence-electron chi connectivity index (χ4n) is 10.3. The Morgan fingerprint density at radius 3 is 1.86 bits per heavy atom. The van der Waals surface area contributed by atoms with Crippen molar-refractivity contribution in [1.82, 2.24) is 14.1 Å². The van der Waals surface area contributed by atoms with Gasteiger partial charge < -0.3 is 4.74 Å². The number of rotatable bonds is 8. The monoisotopic (exact) mass is 1000 g/mol. The van der Waals surface area contributed by atoms with E-state index in [0.29, 0.717) is 21.8 Å². The third-order valence-corrected chi connectivity index (χ3v) is 13.6. The lowest BCUT2D eigenvalue weighted by molar-refractivity contribution is -0.571. The molecule has 0 saturated heterocycles. The highest BCUT2D eigenvalue weighted by Crippen LogP contribution is 2.52. The summed E-state index contributed by atoms with van der Waals surface area (Å²) in [5.41, 5.74) is -23.2. The highest BCUT2D eigenvalue weighted by atomic mass is 16.5. The zero-order chi connectivity index (χ0) is 83.0. The summed E-state index contributed by atoms with van der Waals surface area (Å²) in [5, 5.41) is 1.28. The van der Waals surface area contributed by atoms with Crippen molar-refractivity contribution in [3.8, 4) is 62.1 Å². The summed E-state index contributed by atoms with van der Waals surface area (Å²) in [6.07, 6.45) is 0.706. The van der Waals surface area contributed by atoms with Crippen LogP contribution in [0.15, 0.2) is 188 Å².